The van der Waals surface area contributed by atoms with Crippen LogP contribution in [-0.4, -0.2) is 95.8 Å². The van der Waals surface area contributed by atoms with Crippen molar-refractivity contribution in [3.8, 4) is 0 Å². The van der Waals surface area contributed by atoms with Gasteiger partial charge in [-0.2, -0.15) is 0 Å². The first kappa shape index (κ1) is 25.4. The van der Waals surface area contributed by atoms with Gasteiger partial charge in [-0.3, -0.25) is 19.6 Å². The highest BCUT2D eigenvalue weighted by atomic mass is 16.1. The highest BCUT2D eigenvalue weighted by molar-refractivity contribution is 6.02. The monoisotopic (exact) mass is 509 g/mol. The minimum Gasteiger partial charge on any atom is -0.303 e. The SMILES string of the molecule is CN1CCN(C)CC(C)(N2CC3(c4ccccc4)CN(Cc4ccccn4)CC2(c2ccccc2)C3=O)C1. The molecule has 3 aliphatic rings. The van der Waals surface area contributed by atoms with Crippen LogP contribution in [0.1, 0.15) is 23.7 Å². The third kappa shape index (κ3) is 4.11. The molecule has 0 amide bonds. The van der Waals surface area contributed by atoms with Crippen molar-refractivity contribution >= 4 is 5.78 Å². The lowest BCUT2D eigenvalue weighted by Gasteiger charge is -2.51. The summed E-state index contributed by atoms with van der Waals surface area (Å²) in [5.74, 6) is 0.343. The molecule has 6 heteroatoms. The summed E-state index contributed by atoms with van der Waals surface area (Å²) >= 11 is 0. The second-order valence-electron chi connectivity index (χ2n) is 12.0. The number of piperidine rings is 1. The summed E-state index contributed by atoms with van der Waals surface area (Å²) < 4.78 is 0. The van der Waals surface area contributed by atoms with E-state index in [0.29, 0.717) is 25.4 Å². The Hall–Kier alpha value is -2.90. The van der Waals surface area contributed by atoms with Crippen molar-refractivity contribution in [2.45, 2.75) is 30.0 Å². The van der Waals surface area contributed by atoms with Crippen molar-refractivity contribution < 1.29 is 4.79 Å². The first-order chi connectivity index (χ1) is 18.4. The van der Waals surface area contributed by atoms with E-state index in [4.69, 9.17) is 0 Å². The van der Waals surface area contributed by atoms with Crippen molar-refractivity contribution in [2.75, 3.05) is 59.9 Å². The van der Waals surface area contributed by atoms with Gasteiger partial charge in [0.25, 0.3) is 0 Å². The Morgan fingerprint density at radius 3 is 1.95 bits per heavy atom. The summed E-state index contributed by atoms with van der Waals surface area (Å²) in [6.07, 6.45) is 1.86. The molecule has 198 valence electrons. The molecule has 2 aromatic carbocycles. The predicted molar refractivity (Wildman–Crippen MR) is 151 cm³/mol. The first-order valence-electron chi connectivity index (χ1n) is 13.8. The molecule has 0 spiro atoms. The van der Waals surface area contributed by atoms with Crippen molar-refractivity contribution in [3.05, 3.63) is 102 Å². The molecule has 0 saturated carbocycles. The maximum atomic E-state index is 15.2. The number of Topliss-reactive ketones (excluding diaryl/α,β-unsaturated/α-hetero) is 1. The molecule has 6 rings (SSSR count). The number of hydrogen-bond donors (Lipinski definition) is 0. The molecule has 6 nitrogen and oxygen atoms in total. The molecule has 2 bridgehead atoms. The molecule has 1 aromatic heterocycles. The fraction of sp³-hybridized carbons (Fsp3) is 0.438. The Morgan fingerprint density at radius 1 is 0.737 bits per heavy atom. The lowest BCUT2D eigenvalue weighted by molar-refractivity contribution is -0.138. The Bertz CT molecular complexity index is 1260. The van der Waals surface area contributed by atoms with Crippen LogP contribution < -0.4 is 0 Å². The van der Waals surface area contributed by atoms with Gasteiger partial charge in [-0.05, 0) is 44.3 Å². The Balaban J connectivity index is 1.55. The predicted octanol–water partition coefficient (Wildman–Crippen LogP) is 3.25. The molecule has 0 aliphatic carbocycles. The van der Waals surface area contributed by atoms with Gasteiger partial charge in [0.05, 0.1) is 11.1 Å². The van der Waals surface area contributed by atoms with E-state index < -0.39 is 11.0 Å². The van der Waals surface area contributed by atoms with E-state index in [1.807, 2.05) is 18.3 Å². The quantitative estimate of drug-likeness (QED) is 0.526. The molecule has 4 heterocycles. The number of aromatic nitrogens is 1. The summed E-state index contributed by atoms with van der Waals surface area (Å²) in [7, 11) is 4.44. The zero-order valence-corrected chi connectivity index (χ0v) is 22.9. The lowest BCUT2D eigenvalue weighted by atomic mass is 9.68. The summed E-state index contributed by atoms with van der Waals surface area (Å²) in [5, 5.41) is 0. The molecular formula is C32H39N5O. The fourth-order valence-corrected chi connectivity index (χ4v) is 7.57. The molecular weight excluding hydrogens is 470 g/mol. The van der Waals surface area contributed by atoms with Crippen molar-refractivity contribution in [1.82, 2.24) is 24.6 Å². The molecule has 3 aliphatic heterocycles. The zero-order chi connectivity index (χ0) is 26.4. The molecule has 2 atom stereocenters. The smallest absolute Gasteiger partial charge is 0.172 e. The first-order valence-corrected chi connectivity index (χ1v) is 13.8. The average Bonchev–Trinajstić information content (AvgIpc) is 3.02. The molecule has 2 unspecified atom stereocenters. The highest BCUT2D eigenvalue weighted by Crippen LogP contribution is 2.53. The van der Waals surface area contributed by atoms with E-state index >= 15 is 4.79 Å². The van der Waals surface area contributed by atoms with Crippen LogP contribution in [0.2, 0.25) is 0 Å². The van der Waals surface area contributed by atoms with Crippen LogP contribution in [0.5, 0.6) is 0 Å². The summed E-state index contributed by atoms with van der Waals surface area (Å²) in [4.78, 5) is 29.8. The standard InChI is InChI=1S/C32H39N5O/c1-30(21-34(2)18-19-35(3)22-30)37-24-31(26-12-6-4-7-13-26)23-36(20-28-16-10-11-17-33-28)25-32(37,29(31)38)27-14-8-5-9-15-27/h4-17H,18-25H2,1-3H3. The summed E-state index contributed by atoms with van der Waals surface area (Å²) in [6.45, 7) is 9.07. The van der Waals surface area contributed by atoms with E-state index in [0.717, 1.165) is 49.5 Å². The normalized spacial score (nSPS) is 28.9. The number of hydrogen-bond acceptors (Lipinski definition) is 6. The van der Waals surface area contributed by atoms with Gasteiger partial charge in [0, 0.05) is 64.1 Å². The number of nitrogens with zero attached hydrogens (tertiary/aromatic N) is 5. The molecule has 3 fully saturated rings. The summed E-state index contributed by atoms with van der Waals surface area (Å²) in [5.41, 5.74) is 1.70. The maximum Gasteiger partial charge on any atom is 0.172 e. The number of benzene rings is 2. The van der Waals surface area contributed by atoms with Gasteiger partial charge < -0.3 is 9.80 Å². The van der Waals surface area contributed by atoms with Crippen molar-refractivity contribution in [3.63, 3.8) is 0 Å². The second kappa shape index (κ2) is 9.69. The van der Waals surface area contributed by atoms with E-state index in [2.05, 4.69) is 112 Å². The van der Waals surface area contributed by atoms with E-state index in [-0.39, 0.29) is 5.54 Å². The average molecular weight is 510 g/mol. The van der Waals surface area contributed by atoms with E-state index in [9.17, 15) is 0 Å². The summed E-state index contributed by atoms with van der Waals surface area (Å²) in [6, 6.07) is 27.2. The largest absolute Gasteiger partial charge is 0.303 e. The van der Waals surface area contributed by atoms with Crippen LogP contribution in [0, 0.1) is 0 Å². The zero-order valence-electron chi connectivity index (χ0n) is 22.9. The van der Waals surface area contributed by atoms with E-state index in [1.54, 1.807) is 0 Å². The van der Waals surface area contributed by atoms with Gasteiger partial charge in [-0.15, -0.1) is 0 Å². The molecule has 38 heavy (non-hydrogen) atoms. The van der Waals surface area contributed by atoms with Crippen LogP contribution >= 0.6 is 0 Å². The number of carbonyl (C=O) groups is 1. The third-order valence-electron chi connectivity index (χ3n) is 9.07. The van der Waals surface area contributed by atoms with Gasteiger partial charge in [-0.25, -0.2) is 0 Å². The minimum absolute atomic E-state index is 0.205. The number of rotatable bonds is 5. The maximum absolute atomic E-state index is 15.2. The van der Waals surface area contributed by atoms with Crippen LogP contribution in [0.4, 0.5) is 0 Å². The second-order valence-corrected chi connectivity index (χ2v) is 12.0. The lowest BCUT2D eigenvalue weighted by Crippen LogP contribution is -2.66. The molecule has 3 saturated heterocycles. The number of likely N-dealkylation sites (N-methyl/N-ethyl adjacent to an activating group) is 2. The molecule has 0 radical (unpaired) electrons. The number of carbonyl (C=O) groups excluding carboxylic acids is 1. The Labute approximate surface area is 226 Å². The van der Waals surface area contributed by atoms with Crippen molar-refractivity contribution in [1.29, 1.82) is 0 Å². The minimum atomic E-state index is -0.745. The van der Waals surface area contributed by atoms with Crippen LogP contribution in [0.25, 0.3) is 0 Å². The van der Waals surface area contributed by atoms with Crippen LogP contribution in [0.15, 0.2) is 85.1 Å². The van der Waals surface area contributed by atoms with Crippen molar-refractivity contribution in [2.24, 2.45) is 0 Å². The molecule has 0 N–H and O–H groups in total. The highest BCUT2D eigenvalue weighted by Gasteiger charge is 2.69. The number of ketones is 1. The number of fused-ring (bicyclic) bond motifs is 2. The van der Waals surface area contributed by atoms with Gasteiger partial charge in [0.2, 0.25) is 0 Å². The van der Waals surface area contributed by atoms with E-state index in [1.165, 1.54) is 0 Å². The van der Waals surface area contributed by atoms with Crippen LogP contribution in [0.3, 0.4) is 0 Å². The van der Waals surface area contributed by atoms with Gasteiger partial charge in [0.15, 0.2) is 5.78 Å². The Morgan fingerprint density at radius 2 is 1.34 bits per heavy atom. The third-order valence-corrected chi connectivity index (χ3v) is 9.07. The topological polar surface area (TPSA) is 42.9 Å². The van der Waals surface area contributed by atoms with Gasteiger partial charge in [-0.1, -0.05) is 66.7 Å². The fourth-order valence-electron chi connectivity index (χ4n) is 7.57. The number of likely N-dealkylation sites (tertiary alicyclic amines) is 2. The number of pyridine rings is 1. The van der Waals surface area contributed by atoms with Gasteiger partial charge in [0.1, 0.15) is 5.54 Å². The van der Waals surface area contributed by atoms with Gasteiger partial charge >= 0.3 is 0 Å². The van der Waals surface area contributed by atoms with Crippen LogP contribution in [-0.2, 0) is 22.3 Å². The molecule has 3 aromatic rings. The Kier molecular flexibility index (Phi) is 6.47.